The molecule has 7 heteroatoms. The number of carbonyl (C=O) groups is 1. The maximum atomic E-state index is 12.5. The zero-order valence-electron chi connectivity index (χ0n) is 18.3. The summed E-state index contributed by atoms with van der Waals surface area (Å²) in [6.07, 6.45) is 0. The number of benzene rings is 2. The molecule has 2 aromatic rings. The first-order valence-electron chi connectivity index (χ1n) is 10.2. The van der Waals surface area contributed by atoms with Crippen LogP contribution in [0.2, 0.25) is 0 Å². The van der Waals surface area contributed by atoms with Crippen LogP contribution in [0.25, 0.3) is 0 Å². The molecule has 4 N–H and O–H groups in total. The van der Waals surface area contributed by atoms with Gasteiger partial charge in [0.15, 0.2) is 0 Å². The molecule has 30 heavy (non-hydrogen) atoms. The van der Waals surface area contributed by atoms with E-state index in [9.17, 15) is 13.2 Å². The summed E-state index contributed by atoms with van der Waals surface area (Å²) in [6, 6.07) is 14.6. The monoisotopic (exact) mass is 431 g/mol. The third-order valence-corrected chi connectivity index (χ3v) is 6.13. The Kier molecular flexibility index (Phi) is 8.18. The molecule has 0 saturated heterocycles. The number of hydrogen-bond donors (Lipinski definition) is 3. The van der Waals surface area contributed by atoms with Crippen LogP contribution >= 0.6 is 0 Å². The summed E-state index contributed by atoms with van der Waals surface area (Å²) in [4.78, 5) is 12.5. The maximum Gasteiger partial charge on any atom is 0.238 e. The highest BCUT2D eigenvalue weighted by molar-refractivity contribution is 7.89. The lowest BCUT2D eigenvalue weighted by molar-refractivity contribution is -0.121. The molecular formula is C23H33N3O3S. The van der Waals surface area contributed by atoms with Gasteiger partial charge in [-0.1, -0.05) is 64.1 Å². The summed E-state index contributed by atoms with van der Waals surface area (Å²) < 4.78 is 22.7. The van der Waals surface area contributed by atoms with Gasteiger partial charge in [0.1, 0.15) is 0 Å². The average Bonchev–Trinajstić information content (AvgIpc) is 2.67. The number of primary sulfonamides is 1. The summed E-state index contributed by atoms with van der Waals surface area (Å²) >= 11 is 0. The fourth-order valence-electron chi connectivity index (χ4n) is 3.35. The van der Waals surface area contributed by atoms with E-state index in [1.807, 2.05) is 6.92 Å². The molecule has 0 aliphatic rings. The van der Waals surface area contributed by atoms with Crippen LogP contribution in [0, 0.1) is 5.92 Å². The second-order valence-corrected chi connectivity index (χ2v) is 9.89. The topological polar surface area (TPSA) is 101 Å². The molecule has 0 spiro atoms. The van der Waals surface area contributed by atoms with E-state index in [2.05, 4.69) is 62.6 Å². The number of amides is 1. The Morgan fingerprint density at radius 1 is 0.867 bits per heavy atom. The number of rotatable bonds is 9. The van der Waals surface area contributed by atoms with Gasteiger partial charge in [0, 0.05) is 6.04 Å². The first-order valence-corrected chi connectivity index (χ1v) is 11.8. The lowest BCUT2D eigenvalue weighted by Gasteiger charge is -2.24. The van der Waals surface area contributed by atoms with E-state index < -0.39 is 10.0 Å². The van der Waals surface area contributed by atoms with Crippen LogP contribution in [-0.4, -0.2) is 20.9 Å². The van der Waals surface area contributed by atoms with Gasteiger partial charge in [-0.05, 0) is 47.6 Å². The summed E-state index contributed by atoms with van der Waals surface area (Å²) in [5, 5.41) is 11.4. The van der Waals surface area contributed by atoms with Crippen LogP contribution in [0.4, 0.5) is 0 Å². The average molecular weight is 432 g/mol. The molecule has 0 aliphatic heterocycles. The normalized spacial score (nSPS) is 14.0. The van der Waals surface area contributed by atoms with Crippen LogP contribution in [-0.2, 0) is 14.8 Å². The minimum atomic E-state index is -3.73. The number of carbonyl (C=O) groups excluding carboxylic acids is 1. The van der Waals surface area contributed by atoms with Gasteiger partial charge in [-0.3, -0.25) is 4.79 Å². The van der Waals surface area contributed by atoms with Crippen molar-refractivity contribution in [2.24, 2.45) is 11.1 Å². The Hall–Kier alpha value is -2.22. The molecule has 0 fully saturated rings. The Morgan fingerprint density at radius 2 is 1.37 bits per heavy atom. The van der Waals surface area contributed by atoms with Gasteiger partial charge >= 0.3 is 0 Å². The molecule has 0 aromatic heterocycles. The van der Waals surface area contributed by atoms with Crippen molar-refractivity contribution in [3.63, 3.8) is 0 Å². The van der Waals surface area contributed by atoms with E-state index in [1.165, 1.54) is 17.7 Å². The second-order valence-electron chi connectivity index (χ2n) is 8.33. The van der Waals surface area contributed by atoms with Crippen LogP contribution in [0.1, 0.15) is 69.3 Å². The fourth-order valence-corrected chi connectivity index (χ4v) is 3.87. The van der Waals surface area contributed by atoms with E-state index in [4.69, 9.17) is 5.14 Å². The second kappa shape index (κ2) is 10.2. The van der Waals surface area contributed by atoms with E-state index in [-0.39, 0.29) is 29.4 Å². The van der Waals surface area contributed by atoms with Gasteiger partial charge in [-0.25, -0.2) is 13.6 Å². The van der Waals surface area contributed by atoms with E-state index >= 15 is 0 Å². The third kappa shape index (κ3) is 6.65. The summed E-state index contributed by atoms with van der Waals surface area (Å²) in [5.41, 5.74) is 3.26. The molecule has 0 heterocycles. The van der Waals surface area contributed by atoms with Gasteiger partial charge in [-0.2, -0.15) is 0 Å². The first-order chi connectivity index (χ1) is 14.0. The van der Waals surface area contributed by atoms with Crippen molar-refractivity contribution in [3.8, 4) is 0 Å². The number of hydrogen-bond acceptors (Lipinski definition) is 4. The van der Waals surface area contributed by atoms with Gasteiger partial charge in [-0.15, -0.1) is 0 Å². The minimum Gasteiger partial charge on any atom is -0.348 e. The fraction of sp³-hybridized carbons (Fsp3) is 0.435. The highest BCUT2D eigenvalue weighted by atomic mass is 32.2. The SMILES string of the molecule is CC(C)c1ccc([C@@H](NCC(=O)N[C@H](C)c2ccc(S(N)(=O)=O)cc2)C(C)C)cc1. The predicted molar refractivity (Wildman–Crippen MR) is 120 cm³/mol. The van der Waals surface area contributed by atoms with Crippen LogP contribution in [0.3, 0.4) is 0 Å². The predicted octanol–water partition coefficient (Wildman–Crippen LogP) is 3.62. The van der Waals surface area contributed by atoms with Gasteiger partial charge in [0.25, 0.3) is 0 Å². The Balaban J connectivity index is 1.97. The third-order valence-electron chi connectivity index (χ3n) is 5.20. The number of nitrogens with one attached hydrogen (secondary N) is 2. The lowest BCUT2D eigenvalue weighted by atomic mass is 9.93. The Labute approximate surface area is 180 Å². The van der Waals surface area contributed by atoms with Crippen molar-refractivity contribution in [3.05, 3.63) is 65.2 Å². The standard InChI is InChI=1S/C23H33N3O3S/c1-15(2)18-6-8-20(9-7-18)23(16(3)4)25-14-22(27)26-17(5)19-10-12-21(13-11-19)30(24,28)29/h6-13,15-17,23,25H,14H2,1-5H3,(H,26,27)(H2,24,28,29)/t17-,23+/m1/s1. The summed E-state index contributed by atoms with van der Waals surface area (Å²) in [7, 11) is -3.73. The van der Waals surface area contributed by atoms with Crippen LogP contribution in [0.5, 0.6) is 0 Å². The highest BCUT2D eigenvalue weighted by Crippen LogP contribution is 2.24. The molecule has 0 unspecified atom stereocenters. The molecule has 2 rings (SSSR count). The zero-order chi connectivity index (χ0) is 22.5. The molecular weight excluding hydrogens is 398 g/mol. The highest BCUT2D eigenvalue weighted by Gasteiger charge is 2.18. The largest absolute Gasteiger partial charge is 0.348 e. The lowest BCUT2D eigenvalue weighted by Crippen LogP contribution is -2.38. The van der Waals surface area contributed by atoms with Crippen LogP contribution < -0.4 is 15.8 Å². The quantitative estimate of drug-likeness (QED) is 0.564. The van der Waals surface area contributed by atoms with E-state index in [0.717, 1.165) is 11.1 Å². The Morgan fingerprint density at radius 3 is 1.83 bits per heavy atom. The van der Waals surface area contributed by atoms with Gasteiger partial charge in [0.2, 0.25) is 15.9 Å². The maximum absolute atomic E-state index is 12.5. The molecule has 2 aromatic carbocycles. The smallest absolute Gasteiger partial charge is 0.238 e. The summed E-state index contributed by atoms with van der Waals surface area (Å²) in [6.45, 7) is 10.6. The van der Waals surface area contributed by atoms with Crippen molar-refractivity contribution in [1.82, 2.24) is 10.6 Å². The number of nitrogens with two attached hydrogens (primary N) is 1. The molecule has 164 valence electrons. The van der Waals surface area contributed by atoms with Crippen molar-refractivity contribution in [2.75, 3.05) is 6.54 Å². The molecule has 6 nitrogen and oxygen atoms in total. The molecule has 0 aliphatic carbocycles. The zero-order valence-corrected chi connectivity index (χ0v) is 19.2. The molecule has 0 bridgehead atoms. The van der Waals surface area contributed by atoms with Crippen LogP contribution in [0.15, 0.2) is 53.4 Å². The van der Waals surface area contributed by atoms with Crippen molar-refractivity contribution in [2.45, 2.75) is 57.5 Å². The van der Waals surface area contributed by atoms with E-state index in [1.54, 1.807) is 12.1 Å². The first kappa shape index (κ1) is 24.1. The molecule has 2 atom stereocenters. The van der Waals surface area contributed by atoms with Crippen molar-refractivity contribution < 1.29 is 13.2 Å². The Bertz CT molecular complexity index is 937. The van der Waals surface area contributed by atoms with Crippen molar-refractivity contribution in [1.29, 1.82) is 0 Å². The molecule has 0 radical (unpaired) electrons. The van der Waals surface area contributed by atoms with Gasteiger partial charge in [0.05, 0.1) is 17.5 Å². The summed E-state index contributed by atoms with van der Waals surface area (Å²) in [5.74, 6) is 0.684. The minimum absolute atomic E-state index is 0.0507. The van der Waals surface area contributed by atoms with E-state index in [0.29, 0.717) is 11.8 Å². The molecule has 1 amide bonds. The van der Waals surface area contributed by atoms with Gasteiger partial charge < -0.3 is 10.6 Å². The number of sulfonamides is 1. The molecule has 0 saturated carbocycles. The van der Waals surface area contributed by atoms with Crippen molar-refractivity contribution >= 4 is 15.9 Å².